The lowest BCUT2D eigenvalue weighted by Crippen LogP contribution is -2.04. The SMILES string of the molecule is COc1cccc(CBr)c1OCCC(C)C. The first-order valence-electron chi connectivity index (χ1n) is 5.53. The van der Waals surface area contributed by atoms with E-state index in [1.54, 1.807) is 7.11 Å². The Bertz CT molecular complexity index is 301. The lowest BCUT2D eigenvalue weighted by Gasteiger charge is -2.14. The molecule has 0 N–H and O–H groups in total. The molecule has 0 saturated carbocycles. The third kappa shape index (κ3) is 3.71. The number of para-hydroxylation sites is 1. The molecule has 0 aliphatic carbocycles. The highest BCUT2D eigenvalue weighted by Crippen LogP contribution is 2.32. The third-order valence-corrected chi connectivity index (χ3v) is 2.97. The van der Waals surface area contributed by atoms with E-state index in [9.17, 15) is 0 Å². The minimum atomic E-state index is 0.655. The second-order valence-corrected chi connectivity index (χ2v) is 4.67. The molecule has 0 aliphatic rings. The fourth-order valence-electron chi connectivity index (χ4n) is 1.39. The highest BCUT2D eigenvalue weighted by Gasteiger charge is 2.09. The van der Waals surface area contributed by atoms with Crippen LogP contribution in [0, 0.1) is 5.92 Å². The molecule has 0 amide bonds. The standard InChI is InChI=1S/C13H19BrO2/c1-10(2)7-8-16-13-11(9-14)5-4-6-12(13)15-3/h4-6,10H,7-9H2,1-3H3. The van der Waals surface area contributed by atoms with E-state index in [0.717, 1.165) is 35.4 Å². The Morgan fingerprint density at radius 2 is 2.06 bits per heavy atom. The molecule has 0 aliphatic heterocycles. The van der Waals surface area contributed by atoms with E-state index in [1.165, 1.54) is 0 Å². The van der Waals surface area contributed by atoms with Crippen molar-refractivity contribution in [3.63, 3.8) is 0 Å². The van der Waals surface area contributed by atoms with E-state index >= 15 is 0 Å². The molecule has 0 saturated heterocycles. The maximum Gasteiger partial charge on any atom is 0.165 e. The Kier molecular flexibility index (Phi) is 5.67. The Balaban J connectivity index is 2.74. The highest BCUT2D eigenvalue weighted by molar-refractivity contribution is 9.08. The first-order chi connectivity index (χ1) is 7.69. The molecule has 1 aromatic carbocycles. The van der Waals surface area contributed by atoms with E-state index in [4.69, 9.17) is 9.47 Å². The summed E-state index contributed by atoms with van der Waals surface area (Å²) in [6.07, 6.45) is 1.06. The van der Waals surface area contributed by atoms with Crippen molar-refractivity contribution in [1.82, 2.24) is 0 Å². The van der Waals surface area contributed by atoms with Crippen LogP contribution in [-0.4, -0.2) is 13.7 Å². The van der Waals surface area contributed by atoms with Gasteiger partial charge in [0, 0.05) is 10.9 Å². The van der Waals surface area contributed by atoms with Gasteiger partial charge in [0.2, 0.25) is 0 Å². The van der Waals surface area contributed by atoms with Crippen LogP contribution in [0.1, 0.15) is 25.8 Å². The molecule has 1 aromatic rings. The highest BCUT2D eigenvalue weighted by atomic mass is 79.9. The van der Waals surface area contributed by atoms with Gasteiger partial charge in [-0.15, -0.1) is 0 Å². The number of hydrogen-bond donors (Lipinski definition) is 0. The van der Waals surface area contributed by atoms with Crippen LogP contribution in [0.15, 0.2) is 18.2 Å². The van der Waals surface area contributed by atoms with E-state index < -0.39 is 0 Å². The van der Waals surface area contributed by atoms with Crippen molar-refractivity contribution in [1.29, 1.82) is 0 Å². The molecule has 90 valence electrons. The lowest BCUT2D eigenvalue weighted by molar-refractivity contribution is 0.271. The van der Waals surface area contributed by atoms with Crippen LogP contribution in [-0.2, 0) is 5.33 Å². The Hall–Kier alpha value is -0.700. The van der Waals surface area contributed by atoms with Gasteiger partial charge in [-0.05, 0) is 18.4 Å². The summed E-state index contributed by atoms with van der Waals surface area (Å²) in [5, 5.41) is 0.779. The quantitative estimate of drug-likeness (QED) is 0.736. The average molecular weight is 287 g/mol. The topological polar surface area (TPSA) is 18.5 Å². The van der Waals surface area contributed by atoms with Crippen LogP contribution in [0.2, 0.25) is 0 Å². The fourth-order valence-corrected chi connectivity index (χ4v) is 1.83. The smallest absolute Gasteiger partial charge is 0.165 e. The van der Waals surface area contributed by atoms with Gasteiger partial charge in [-0.3, -0.25) is 0 Å². The van der Waals surface area contributed by atoms with Gasteiger partial charge in [0.15, 0.2) is 11.5 Å². The van der Waals surface area contributed by atoms with Gasteiger partial charge in [-0.1, -0.05) is 41.9 Å². The first-order valence-corrected chi connectivity index (χ1v) is 6.65. The maximum absolute atomic E-state index is 5.81. The van der Waals surface area contributed by atoms with Crippen molar-refractivity contribution >= 4 is 15.9 Å². The summed E-state index contributed by atoms with van der Waals surface area (Å²) >= 11 is 3.46. The minimum absolute atomic E-state index is 0.655. The Morgan fingerprint density at radius 1 is 1.31 bits per heavy atom. The molecule has 0 radical (unpaired) electrons. The minimum Gasteiger partial charge on any atom is -0.493 e. The monoisotopic (exact) mass is 286 g/mol. The van der Waals surface area contributed by atoms with Crippen molar-refractivity contribution in [2.75, 3.05) is 13.7 Å². The van der Waals surface area contributed by atoms with E-state index in [1.807, 2.05) is 18.2 Å². The molecule has 0 heterocycles. The third-order valence-electron chi connectivity index (χ3n) is 2.37. The average Bonchev–Trinajstić information content (AvgIpc) is 2.28. The predicted octanol–water partition coefficient (Wildman–Crippen LogP) is 4.02. The molecule has 1 rings (SSSR count). The zero-order valence-corrected chi connectivity index (χ0v) is 11.7. The summed E-state index contributed by atoms with van der Waals surface area (Å²) < 4.78 is 11.1. The number of hydrogen-bond acceptors (Lipinski definition) is 2. The van der Waals surface area contributed by atoms with Gasteiger partial charge < -0.3 is 9.47 Å². The largest absolute Gasteiger partial charge is 0.493 e. The van der Waals surface area contributed by atoms with Gasteiger partial charge in [0.1, 0.15) is 0 Å². The number of benzene rings is 1. The number of methoxy groups -OCH3 is 1. The summed E-state index contributed by atoms with van der Waals surface area (Å²) in [6, 6.07) is 5.95. The van der Waals surface area contributed by atoms with E-state index in [0.29, 0.717) is 5.92 Å². The van der Waals surface area contributed by atoms with E-state index in [2.05, 4.69) is 29.8 Å². The normalized spacial score (nSPS) is 10.6. The van der Waals surface area contributed by atoms with Crippen molar-refractivity contribution in [2.45, 2.75) is 25.6 Å². The van der Waals surface area contributed by atoms with Crippen LogP contribution in [0.5, 0.6) is 11.5 Å². The molecule has 2 nitrogen and oxygen atoms in total. The summed E-state index contributed by atoms with van der Waals surface area (Å²) in [4.78, 5) is 0. The summed E-state index contributed by atoms with van der Waals surface area (Å²) in [5.41, 5.74) is 1.13. The Labute approximate surface area is 106 Å². The van der Waals surface area contributed by atoms with Crippen LogP contribution in [0.25, 0.3) is 0 Å². The maximum atomic E-state index is 5.81. The Morgan fingerprint density at radius 3 is 2.62 bits per heavy atom. The first kappa shape index (κ1) is 13.4. The van der Waals surface area contributed by atoms with Crippen LogP contribution in [0.4, 0.5) is 0 Å². The zero-order valence-electron chi connectivity index (χ0n) is 10.1. The van der Waals surface area contributed by atoms with Crippen LogP contribution in [0.3, 0.4) is 0 Å². The molecule has 0 spiro atoms. The van der Waals surface area contributed by atoms with Crippen LogP contribution < -0.4 is 9.47 Å². The molecule has 3 heteroatoms. The van der Waals surface area contributed by atoms with Crippen molar-refractivity contribution in [3.8, 4) is 11.5 Å². The summed E-state index contributed by atoms with van der Waals surface area (Å²) in [6.45, 7) is 5.12. The van der Waals surface area contributed by atoms with Gasteiger partial charge in [0.25, 0.3) is 0 Å². The molecule has 0 bridgehead atoms. The van der Waals surface area contributed by atoms with Crippen molar-refractivity contribution in [2.24, 2.45) is 5.92 Å². The van der Waals surface area contributed by atoms with Gasteiger partial charge >= 0.3 is 0 Å². The number of ether oxygens (including phenoxy) is 2. The molecule has 16 heavy (non-hydrogen) atoms. The molecule has 0 unspecified atom stereocenters. The molecule has 0 aromatic heterocycles. The van der Waals surface area contributed by atoms with Gasteiger partial charge in [-0.25, -0.2) is 0 Å². The van der Waals surface area contributed by atoms with Crippen molar-refractivity contribution in [3.05, 3.63) is 23.8 Å². The second kappa shape index (κ2) is 6.79. The summed E-state index contributed by atoms with van der Waals surface area (Å²) in [5.74, 6) is 2.32. The number of halogens is 1. The number of alkyl halides is 1. The molecular weight excluding hydrogens is 268 g/mol. The lowest BCUT2D eigenvalue weighted by atomic mass is 10.1. The van der Waals surface area contributed by atoms with Gasteiger partial charge in [-0.2, -0.15) is 0 Å². The fraction of sp³-hybridized carbons (Fsp3) is 0.538. The second-order valence-electron chi connectivity index (χ2n) is 4.11. The zero-order chi connectivity index (χ0) is 12.0. The van der Waals surface area contributed by atoms with Gasteiger partial charge in [0.05, 0.1) is 13.7 Å². The van der Waals surface area contributed by atoms with Crippen molar-refractivity contribution < 1.29 is 9.47 Å². The molecule has 0 atom stereocenters. The van der Waals surface area contributed by atoms with Crippen LogP contribution >= 0.6 is 15.9 Å². The molecule has 0 fully saturated rings. The predicted molar refractivity (Wildman–Crippen MR) is 70.6 cm³/mol. The molecular formula is C13H19BrO2. The summed E-state index contributed by atoms with van der Waals surface area (Å²) in [7, 11) is 1.67. The number of rotatable bonds is 6. The van der Waals surface area contributed by atoms with E-state index in [-0.39, 0.29) is 0 Å².